The summed E-state index contributed by atoms with van der Waals surface area (Å²) in [6, 6.07) is 0. The van der Waals surface area contributed by atoms with Crippen LogP contribution < -0.4 is 5.32 Å². The van der Waals surface area contributed by atoms with Crippen molar-refractivity contribution >= 4 is 29.9 Å². The number of halogens is 1. The summed E-state index contributed by atoms with van der Waals surface area (Å²) in [7, 11) is 0. The van der Waals surface area contributed by atoms with Gasteiger partial charge in [0, 0.05) is 32.8 Å². The van der Waals surface area contributed by atoms with Gasteiger partial charge in [-0.05, 0) is 43.4 Å². The van der Waals surface area contributed by atoms with Crippen LogP contribution in [0, 0.1) is 10.8 Å². The van der Waals surface area contributed by atoms with Crippen molar-refractivity contribution in [1.29, 1.82) is 0 Å². The van der Waals surface area contributed by atoms with Gasteiger partial charge in [-0.15, -0.1) is 24.0 Å². The molecule has 0 aromatic rings. The molecule has 0 saturated carbocycles. The van der Waals surface area contributed by atoms with E-state index in [-0.39, 0.29) is 36.0 Å². The zero-order chi connectivity index (χ0) is 15.9. The maximum Gasteiger partial charge on any atom is 0.193 e. The summed E-state index contributed by atoms with van der Waals surface area (Å²) in [6.45, 7) is 15.3. The maximum absolute atomic E-state index is 9.34. The van der Waals surface area contributed by atoms with Crippen molar-refractivity contribution in [3.05, 3.63) is 0 Å². The molecule has 4 nitrogen and oxygen atoms in total. The lowest BCUT2D eigenvalue weighted by atomic mass is 9.79. The smallest absolute Gasteiger partial charge is 0.193 e. The summed E-state index contributed by atoms with van der Waals surface area (Å²) in [5, 5.41) is 12.8. The van der Waals surface area contributed by atoms with Gasteiger partial charge in [-0.2, -0.15) is 0 Å². The molecular formula is C17H36IN3O. The molecule has 0 aromatic heterocycles. The molecule has 1 aliphatic heterocycles. The van der Waals surface area contributed by atoms with Gasteiger partial charge in [-0.25, -0.2) is 0 Å². The molecule has 1 rings (SSSR count). The summed E-state index contributed by atoms with van der Waals surface area (Å²) in [6.07, 6.45) is 4.20. The van der Waals surface area contributed by atoms with E-state index in [1.807, 2.05) is 0 Å². The minimum atomic E-state index is 0. The highest BCUT2D eigenvalue weighted by atomic mass is 127. The Morgan fingerprint density at radius 2 is 1.91 bits per heavy atom. The number of likely N-dealkylation sites (tertiary alicyclic amines) is 1. The first kappa shape index (κ1) is 22.0. The molecule has 0 radical (unpaired) electrons. The normalized spacial score (nSPS) is 18.3. The molecule has 0 spiro atoms. The molecule has 0 atom stereocenters. The first-order valence-electron chi connectivity index (χ1n) is 8.56. The van der Waals surface area contributed by atoms with Crippen LogP contribution in [0.25, 0.3) is 0 Å². The number of rotatable bonds is 7. The number of aliphatic hydroxyl groups excluding tert-OH is 1. The van der Waals surface area contributed by atoms with Crippen LogP contribution in [0.1, 0.15) is 60.3 Å². The van der Waals surface area contributed by atoms with Gasteiger partial charge in [-0.3, -0.25) is 4.99 Å². The van der Waals surface area contributed by atoms with E-state index in [4.69, 9.17) is 4.99 Å². The molecule has 1 aliphatic rings. The van der Waals surface area contributed by atoms with E-state index in [9.17, 15) is 5.11 Å². The molecule has 0 bridgehead atoms. The second kappa shape index (κ2) is 9.96. The second-order valence-electron chi connectivity index (χ2n) is 7.19. The Morgan fingerprint density at radius 3 is 2.32 bits per heavy atom. The number of aliphatic hydroxyl groups is 1. The van der Waals surface area contributed by atoms with Crippen LogP contribution in [0.15, 0.2) is 4.99 Å². The second-order valence-corrected chi connectivity index (χ2v) is 7.19. The SMILES string of the molecule is CCNC(=NCC(CC)(CC)CCO)N1CCC(C)(C)C1.I. The largest absolute Gasteiger partial charge is 0.396 e. The third-order valence-corrected chi connectivity index (χ3v) is 5.02. The molecule has 0 amide bonds. The number of nitrogens with one attached hydrogen (secondary N) is 1. The van der Waals surface area contributed by atoms with Crippen LogP contribution in [0.4, 0.5) is 0 Å². The van der Waals surface area contributed by atoms with Gasteiger partial charge in [0.15, 0.2) is 5.96 Å². The Hall–Kier alpha value is -0.0400. The molecule has 1 saturated heterocycles. The standard InChI is InChI=1S/C17H35N3O.HI/c1-6-17(7-2,10-12-21)13-19-15(18-8-3)20-11-9-16(4,5)14-20;/h21H,6-14H2,1-5H3,(H,18,19);1H. The minimum Gasteiger partial charge on any atom is -0.396 e. The quantitative estimate of drug-likeness (QED) is 0.373. The van der Waals surface area contributed by atoms with E-state index >= 15 is 0 Å². The van der Waals surface area contributed by atoms with E-state index in [0.717, 1.165) is 51.4 Å². The van der Waals surface area contributed by atoms with Crippen molar-refractivity contribution in [2.45, 2.75) is 60.3 Å². The zero-order valence-corrected chi connectivity index (χ0v) is 17.4. The highest BCUT2D eigenvalue weighted by Gasteiger charge is 2.32. The predicted octanol–water partition coefficient (Wildman–Crippen LogP) is 3.49. The van der Waals surface area contributed by atoms with Crippen LogP contribution in [-0.4, -0.2) is 48.8 Å². The first-order valence-corrected chi connectivity index (χ1v) is 8.56. The van der Waals surface area contributed by atoms with Gasteiger partial charge < -0.3 is 15.3 Å². The summed E-state index contributed by atoms with van der Waals surface area (Å²) in [4.78, 5) is 7.30. The molecule has 132 valence electrons. The lowest BCUT2D eigenvalue weighted by Crippen LogP contribution is -2.41. The Bertz CT molecular complexity index is 341. The summed E-state index contributed by atoms with van der Waals surface area (Å²) < 4.78 is 0. The fourth-order valence-corrected chi connectivity index (χ4v) is 3.10. The van der Waals surface area contributed by atoms with Crippen LogP contribution in [-0.2, 0) is 0 Å². The van der Waals surface area contributed by atoms with Crippen LogP contribution in [0.5, 0.6) is 0 Å². The summed E-state index contributed by atoms with van der Waals surface area (Å²) in [5.41, 5.74) is 0.526. The van der Waals surface area contributed by atoms with E-state index < -0.39 is 0 Å². The fraction of sp³-hybridized carbons (Fsp3) is 0.941. The Kier molecular flexibility index (Phi) is 9.94. The van der Waals surface area contributed by atoms with Crippen LogP contribution in [0.3, 0.4) is 0 Å². The molecule has 0 aliphatic carbocycles. The van der Waals surface area contributed by atoms with E-state index in [0.29, 0.717) is 5.41 Å². The minimum absolute atomic E-state index is 0. The Labute approximate surface area is 154 Å². The monoisotopic (exact) mass is 425 g/mol. The number of hydrogen-bond donors (Lipinski definition) is 2. The Morgan fingerprint density at radius 1 is 1.27 bits per heavy atom. The number of hydrogen-bond acceptors (Lipinski definition) is 2. The van der Waals surface area contributed by atoms with Crippen molar-refractivity contribution < 1.29 is 5.11 Å². The van der Waals surface area contributed by atoms with Crippen LogP contribution >= 0.6 is 24.0 Å². The molecule has 0 aromatic carbocycles. The molecule has 0 unspecified atom stereocenters. The Balaban J connectivity index is 0.00000441. The average Bonchev–Trinajstić information content (AvgIpc) is 2.82. The molecule has 1 heterocycles. The van der Waals surface area contributed by atoms with E-state index in [1.165, 1.54) is 6.42 Å². The maximum atomic E-state index is 9.34. The van der Waals surface area contributed by atoms with Gasteiger partial charge in [0.05, 0.1) is 0 Å². The van der Waals surface area contributed by atoms with Gasteiger partial charge in [0.25, 0.3) is 0 Å². The lowest BCUT2D eigenvalue weighted by Gasteiger charge is -2.31. The van der Waals surface area contributed by atoms with E-state index in [1.54, 1.807) is 0 Å². The molecule has 2 N–H and O–H groups in total. The van der Waals surface area contributed by atoms with Crippen molar-refractivity contribution in [2.24, 2.45) is 15.8 Å². The molecule has 5 heteroatoms. The summed E-state index contributed by atoms with van der Waals surface area (Å²) in [5.74, 6) is 1.05. The fourth-order valence-electron chi connectivity index (χ4n) is 3.10. The third-order valence-electron chi connectivity index (χ3n) is 5.02. The first-order chi connectivity index (χ1) is 9.92. The highest BCUT2D eigenvalue weighted by molar-refractivity contribution is 14.0. The molecule has 22 heavy (non-hydrogen) atoms. The van der Waals surface area contributed by atoms with Crippen molar-refractivity contribution in [3.63, 3.8) is 0 Å². The van der Waals surface area contributed by atoms with Crippen molar-refractivity contribution in [3.8, 4) is 0 Å². The van der Waals surface area contributed by atoms with Gasteiger partial charge >= 0.3 is 0 Å². The highest BCUT2D eigenvalue weighted by Crippen LogP contribution is 2.32. The molecule has 1 fully saturated rings. The average molecular weight is 425 g/mol. The predicted molar refractivity (Wildman–Crippen MR) is 106 cm³/mol. The van der Waals surface area contributed by atoms with Crippen LogP contribution in [0.2, 0.25) is 0 Å². The van der Waals surface area contributed by atoms with Gasteiger partial charge in [0.2, 0.25) is 0 Å². The summed E-state index contributed by atoms with van der Waals surface area (Å²) >= 11 is 0. The van der Waals surface area contributed by atoms with Crippen molar-refractivity contribution in [2.75, 3.05) is 32.8 Å². The van der Waals surface area contributed by atoms with Gasteiger partial charge in [-0.1, -0.05) is 27.7 Å². The number of nitrogens with zero attached hydrogens (tertiary/aromatic N) is 2. The third kappa shape index (κ3) is 6.22. The number of aliphatic imine (C=N–C) groups is 1. The molecular weight excluding hydrogens is 389 g/mol. The van der Waals surface area contributed by atoms with Crippen molar-refractivity contribution in [1.82, 2.24) is 10.2 Å². The lowest BCUT2D eigenvalue weighted by molar-refractivity contribution is 0.175. The van der Waals surface area contributed by atoms with E-state index in [2.05, 4.69) is 44.8 Å². The zero-order valence-electron chi connectivity index (χ0n) is 15.1. The van der Waals surface area contributed by atoms with Gasteiger partial charge in [0.1, 0.15) is 0 Å². The number of guanidine groups is 1. The topological polar surface area (TPSA) is 47.9 Å².